The summed E-state index contributed by atoms with van der Waals surface area (Å²) in [5.41, 5.74) is 3.71. The fourth-order valence-corrected chi connectivity index (χ4v) is 1.56. The van der Waals surface area contributed by atoms with Gasteiger partial charge in [0.25, 0.3) is 5.56 Å². The number of aromatic nitrogens is 1. The highest BCUT2D eigenvalue weighted by atomic mass is 16.1. The van der Waals surface area contributed by atoms with Crippen LogP contribution in [0.2, 0.25) is 0 Å². The minimum absolute atomic E-state index is 0.0238. The van der Waals surface area contributed by atoms with Gasteiger partial charge in [-0.15, -0.1) is 0 Å². The second kappa shape index (κ2) is 3.73. The Balaban J connectivity index is 2.65. The molecule has 0 aliphatic heterocycles. The van der Waals surface area contributed by atoms with Crippen molar-refractivity contribution in [1.82, 2.24) is 4.98 Å². The van der Waals surface area contributed by atoms with Crippen LogP contribution in [0, 0.1) is 13.8 Å². The molecule has 15 heavy (non-hydrogen) atoms. The van der Waals surface area contributed by atoms with E-state index in [1.807, 2.05) is 50.2 Å². The molecule has 1 N–H and O–H groups in total. The molecule has 0 fully saturated rings. The van der Waals surface area contributed by atoms with E-state index < -0.39 is 0 Å². The molecule has 76 valence electrons. The van der Waals surface area contributed by atoms with Crippen LogP contribution in [0.25, 0.3) is 11.1 Å². The fraction of sp³-hybridized carbons (Fsp3) is 0.154. The molecular weight excluding hydrogens is 186 g/mol. The van der Waals surface area contributed by atoms with Crippen LogP contribution in [0.1, 0.15) is 11.3 Å². The smallest absolute Gasteiger partial charge is 0.256 e. The molecule has 0 bridgehead atoms. The van der Waals surface area contributed by atoms with E-state index in [0.717, 1.165) is 22.4 Å². The third-order valence-corrected chi connectivity index (χ3v) is 2.58. The molecule has 1 aromatic carbocycles. The van der Waals surface area contributed by atoms with E-state index in [2.05, 4.69) is 4.98 Å². The van der Waals surface area contributed by atoms with Crippen molar-refractivity contribution in [2.45, 2.75) is 13.8 Å². The lowest BCUT2D eigenvalue weighted by atomic mass is 10.1. The number of nitrogens with one attached hydrogen (secondary N) is 1. The monoisotopic (exact) mass is 199 g/mol. The van der Waals surface area contributed by atoms with E-state index in [9.17, 15) is 4.79 Å². The number of rotatable bonds is 1. The molecule has 2 heteroatoms. The Labute approximate surface area is 88.6 Å². The Morgan fingerprint density at radius 1 is 1.07 bits per heavy atom. The standard InChI is InChI=1S/C13H13NO/c1-9-8-12(13(15)14-10(9)2)11-6-4-3-5-7-11/h3-8H,1-2H3,(H,14,15). The minimum atomic E-state index is -0.0238. The van der Waals surface area contributed by atoms with Crippen molar-refractivity contribution < 1.29 is 0 Å². The Hall–Kier alpha value is -1.83. The summed E-state index contributed by atoms with van der Waals surface area (Å²) in [5.74, 6) is 0. The molecule has 2 nitrogen and oxygen atoms in total. The van der Waals surface area contributed by atoms with Crippen LogP contribution in [-0.4, -0.2) is 4.98 Å². The van der Waals surface area contributed by atoms with Crippen molar-refractivity contribution in [3.63, 3.8) is 0 Å². The molecule has 0 saturated carbocycles. The van der Waals surface area contributed by atoms with Crippen LogP contribution in [0.4, 0.5) is 0 Å². The maximum Gasteiger partial charge on any atom is 0.256 e. The van der Waals surface area contributed by atoms with Crippen LogP contribution < -0.4 is 5.56 Å². The quantitative estimate of drug-likeness (QED) is 0.752. The van der Waals surface area contributed by atoms with Gasteiger partial charge in [0, 0.05) is 11.3 Å². The highest BCUT2D eigenvalue weighted by Gasteiger charge is 2.04. The lowest BCUT2D eigenvalue weighted by Crippen LogP contribution is -2.11. The summed E-state index contributed by atoms with van der Waals surface area (Å²) in [5, 5.41) is 0. The van der Waals surface area contributed by atoms with Crippen LogP contribution in [-0.2, 0) is 0 Å². The molecule has 0 spiro atoms. The molecular formula is C13H13NO. The first-order valence-corrected chi connectivity index (χ1v) is 4.94. The van der Waals surface area contributed by atoms with E-state index in [1.165, 1.54) is 0 Å². The summed E-state index contributed by atoms with van der Waals surface area (Å²) in [4.78, 5) is 14.6. The molecule has 0 saturated heterocycles. The molecule has 0 atom stereocenters. The van der Waals surface area contributed by atoms with Crippen molar-refractivity contribution >= 4 is 0 Å². The van der Waals surface area contributed by atoms with Gasteiger partial charge in [0.05, 0.1) is 0 Å². The summed E-state index contributed by atoms with van der Waals surface area (Å²) in [6, 6.07) is 11.6. The van der Waals surface area contributed by atoms with Gasteiger partial charge in [-0.2, -0.15) is 0 Å². The lowest BCUT2D eigenvalue weighted by molar-refractivity contribution is 1.11. The molecule has 0 amide bonds. The summed E-state index contributed by atoms with van der Waals surface area (Å²) in [6.07, 6.45) is 0. The summed E-state index contributed by atoms with van der Waals surface area (Å²) < 4.78 is 0. The van der Waals surface area contributed by atoms with Crippen molar-refractivity contribution in [2.75, 3.05) is 0 Å². The first-order valence-electron chi connectivity index (χ1n) is 4.94. The van der Waals surface area contributed by atoms with Gasteiger partial charge >= 0.3 is 0 Å². The van der Waals surface area contributed by atoms with Crippen LogP contribution in [0.3, 0.4) is 0 Å². The van der Waals surface area contributed by atoms with E-state index in [-0.39, 0.29) is 5.56 Å². The van der Waals surface area contributed by atoms with Crippen molar-refractivity contribution in [3.05, 3.63) is 58.0 Å². The van der Waals surface area contributed by atoms with Gasteiger partial charge in [0.15, 0.2) is 0 Å². The lowest BCUT2D eigenvalue weighted by Gasteiger charge is -2.04. The Kier molecular flexibility index (Phi) is 2.42. The normalized spacial score (nSPS) is 10.3. The summed E-state index contributed by atoms with van der Waals surface area (Å²) in [7, 11) is 0. The van der Waals surface area contributed by atoms with Gasteiger partial charge in [-0.05, 0) is 31.0 Å². The van der Waals surface area contributed by atoms with Crippen molar-refractivity contribution in [2.24, 2.45) is 0 Å². The number of benzene rings is 1. The fourth-order valence-electron chi connectivity index (χ4n) is 1.56. The molecule has 0 radical (unpaired) electrons. The average molecular weight is 199 g/mol. The highest BCUT2D eigenvalue weighted by molar-refractivity contribution is 5.63. The molecule has 0 aliphatic rings. The predicted octanol–water partition coefficient (Wildman–Crippen LogP) is 2.66. The zero-order valence-electron chi connectivity index (χ0n) is 8.87. The van der Waals surface area contributed by atoms with Crippen LogP contribution >= 0.6 is 0 Å². The highest BCUT2D eigenvalue weighted by Crippen LogP contribution is 2.16. The van der Waals surface area contributed by atoms with Gasteiger partial charge < -0.3 is 4.98 Å². The number of H-pyrrole nitrogens is 1. The number of hydrogen-bond donors (Lipinski definition) is 1. The number of aromatic amines is 1. The number of hydrogen-bond acceptors (Lipinski definition) is 1. The van der Waals surface area contributed by atoms with E-state index >= 15 is 0 Å². The van der Waals surface area contributed by atoms with E-state index in [0.29, 0.717) is 0 Å². The molecule has 2 rings (SSSR count). The second-order valence-corrected chi connectivity index (χ2v) is 3.69. The number of aryl methyl sites for hydroxylation is 2. The van der Waals surface area contributed by atoms with E-state index in [4.69, 9.17) is 0 Å². The van der Waals surface area contributed by atoms with Crippen molar-refractivity contribution in [3.8, 4) is 11.1 Å². The van der Waals surface area contributed by atoms with Gasteiger partial charge in [-0.25, -0.2) is 0 Å². The third-order valence-electron chi connectivity index (χ3n) is 2.58. The minimum Gasteiger partial charge on any atom is -0.326 e. The number of pyridine rings is 1. The van der Waals surface area contributed by atoms with Crippen LogP contribution in [0.5, 0.6) is 0 Å². The van der Waals surface area contributed by atoms with Crippen LogP contribution in [0.15, 0.2) is 41.2 Å². The summed E-state index contributed by atoms with van der Waals surface area (Å²) in [6.45, 7) is 3.91. The SMILES string of the molecule is Cc1cc(-c2ccccc2)c(=O)[nH]c1C. The zero-order valence-corrected chi connectivity index (χ0v) is 8.87. The van der Waals surface area contributed by atoms with Gasteiger partial charge in [-0.1, -0.05) is 30.3 Å². The summed E-state index contributed by atoms with van der Waals surface area (Å²) >= 11 is 0. The Bertz CT molecular complexity index is 526. The van der Waals surface area contributed by atoms with Gasteiger partial charge in [0.1, 0.15) is 0 Å². The predicted molar refractivity (Wildman–Crippen MR) is 62.0 cm³/mol. The van der Waals surface area contributed by atoms with E-state index in [1.54, 1.807) is 0 Å². The molecule has 0 unspecified atom stereocenters. The molecule has 0 aliphatic carbocycles. The third kappa shape index (κ3) is 1.84. The topological polar surface area (TPSA) is 32.9 Å². The van der Waals surface area contributed by atoms with Crippen molar-refractivity contribution in [1.29, 1.82) is 0 Å². The Morgan fingerprint density at radius 3 is 2.40 bits per heavy atom. The molecule has 1 heterocycles. The maximum absolute atomic E-state index is 11.7. The molecule has 2 aromatic rings. The largest absolute Gasteiger partial charge is 0.326 e. The first kappa shape index (κ1) is 9.71. The van der Waals surface area contributed by atoms with Gasteiger partial charge in [-0.3, -0.25) is 4.79 Å². The average Bonchev–Trinajstić information content (AvgIpc) is 2.25. The zero-order chi connectivity index (χ0) is 10.8. The Morgan fingerprint density at radius 2 is 1.73 bits per heavy atom. The first-order chi connectivity index (χ1) is 7.18. The second-order valence-electron chi connectivity index (χ2n) is 3.69. The maximum atomic E-state index is 11.7. The molecule has 1 aromatic heterocycles. The van der Waals surface area contributed by atoms with Gasteiger partial charge in [0.2, 0.25) is 0 Å².